The zero-order chi connectivity index (χ0) is 12.8. The van der Waals surface area contributed by atoms with Gasteiger partial charge in [0.1, 0.15) is 5.82 Å². The molecule has 0 heterocycles. The van der Waals surface area contributed by atoms with Gasteiger partial charge in [-0.2, -0.15) is 0 Å². The van der Waals surface area contributed by atoms with Gasteiger partial charge in [0, 0.05) is 17.3 Å². The highest BCUT2D eigenvalue weighted by Gasteiger charge is 2.37. The Labute approximate surface area is 100 Å². The number of halogens is 1. The average molecular weight is 258 g/mol. The molecule has 1 saturated carbocycles. The third-order valence-electron chi connectivity index (χ3n) is 3.02. The molecular weight excluding hydrogens is 243 g/mol. The maximum atomic E-state index is 13.4. The molecule has 1 aliphatic carbocycles. The number of hydrogen-bond acceptors (Lipinski definition) is 3. The molecule has 0 spiro atoms. The third kappa shape index (κ3) is 2.42. The van der Waals surface area contributed by atoms with Gasteiger partial charge in [-0.1, -0.05) is 6.92 Å². The van der Waals surface area contributed by atoms with Crippen LogP contribution in [-0.2, 0) is 10.0 Å². The van der Waals surface area contributed by atoms with Crippen molar-refractivity contribution in [3.63, 3.8) is 0 Å². The molecule has 4 nitrogen and oxygen atoms in total. The molecule has 6 heteroatoms. The average Bonchev–Trinajstić information content (AvgIpc) is 2.86. The van der Waals surface area contributed by atoms with Gasteiger partial charge in [-0.25, -0.2) is 17.5 Å². The molecule has 17 heavy (non-hydrogen) atoms. The predicted octanol–water partition coefficient (Wildman–Crippen LogP) is 1.40. The van der Waals surface area contributed by atoms with Crippen molar-refractivity contribution in [3.05, 3.63) is 23.5 Å². The van der Waals surface area contributed by atoms with E-state index in [4.69, 9.17) is 5.73 Å². The molecule has 0 amide bonds. The van der Waals surface area contributed by atoms with Gasteiger partial charge in [0.15, 0.2) is 0 Å². The third-order valence-corrected chi connectivity index (χ3v) is 4.64. The summed E-state index contributed by atoms with van der Waals surface area (Å²) in [5.74, 6) is -0.259. The molecule has 1 fully saturated rings. The van der Waals surface area contributed by atoms with Gasteiger partial charge < -0.3 is 5.73 Å². The number of sulfonamides is 1. The first-order valence-corrected chi connectivity index (χ1v) is 6.87. The highest BCUT2D eigenvalue weighted by atomic mass is 32.2. The summed E-state index contributed by atoms with van der Waals surface area (Å²) in [4.78, 5) is -0.0749. The second-order valence-electron chi connectivity index (χ2n) is 4.57. The van der Waals surface area contributed by atoms with Gasteiger partial charge in [-0.3, -0.25) is 0 Å². The van der Waals surface area contributed by atoms with Gasteiger partial charge in [-0.15, -0.1) is 0 Å². The van der Waals surface area contributed by atoms with Crippen molar-refractivity contribution >= 4 is 15.7 Å². The molecule has 1 aromatic carbocycles. The van der Waals surface area contributed by atoms with Crippen LogP contribution in [-0.4, -0.2) is 14.5 Å². The fraction of sp³-hybridized carbons (Fsp3) is 0.455. The van der Waals surface area contributed by atoms with E-state index in [-0.39, 0.29) is 22.2 Å². The SMILES string of the molecule is Cc1c(F)cc(N)cc1S(=O)(=O)NC1CC1C. The molecule has 0 saturated heterocycles. The Balaban J connectivity index is 2.39. The number of rotatable bonds is 3. The molecular formula is C11H15FN2O2S. The van der Waals surface area contributed by atoms with Crippen molar-refractivity contribution < 1.29 is 12.8 Å². The quantitative estimate of drug-likeness (QED) is 0.805. The summed E-state index contributed by atoms with van der Waals surface area (Å²) in [5.41, 5.74) is 5.67. The Morgan fingerprint density at radius 2 is 2.06 bits per heavy atom. The summed E-state index contributed by atoms with van der Waals surface area (Å²) in [7, 11) is -3.68. The first-order valence-electron chi connectivity index (χ1n) is 5.39. The Morgan fingerprint density at radius 1 is 1.47 bits per heavy atom. The first kappa shape index (κ1) is 12.3. The normalized spacial score (nSPS) is 23.7. The molecule has 0 radical (unpaired) electrons. The van der Waals surface area contributed by atoms with E-state index >= 15 is 0 Å². The Kier molecular flexibility index (Phi) is 2.87. The number of anilines is 1. The smallest absolute Gasteiger partial charge is 0.241 e. The van der Waals surface area contributed by atoms with Gasteiger partial charge in [0.25, 0.3) is 0 Å². The van der Waals surface area contributed by atoms with E-state index in [1.165, 1.54) is 13.0 Å². The van der Waals surface area contributed by atoms with E-state index in [0.29, 0.717) is 5.92 Å². The molecule has 0 aliphatic heterocycles. The summed E-state index contributed by atoms with van der Waals surface area (Å²) in [5, 5.41) is 0. The lowest BCUT2D eigenvalue weighted by Gasteiger charge is -2.10. The topological polar surface area (TPSA) is 72.2 Å². The van der Waals surface area contributed by atoms with Crippen LogP contribution in [0.2, 0.25) is 0 Å². The molecule has 2 rings (SSSR count). The van der Waals surface area contributed by atoms with Crippen LogP contribution in [0.5, 0.6) is 0 Å². The molecule has 3 N–H and O–H groups in total. The van der Waals surface area contributed by atoms with Crippen LogP contribution in [0, 0.1) is 18.7 Å². The molecule has 0 aromatic heterocycles. The largest absolute Gasteiger partial charge is 0.399 e. The Bertz CT molecular complexity index is 557. The maximum absolute atomic E-state index is 13.4. The standard InChI is InChI=1S/C11H15FN2O2S/c1-6-3-10(6)14-17(15,16)11-5-8(13)4-9(12)7(11)2/h4-6,10,14H,3,13H2,1-2H3. The van der Waals surface area contributed by atoms with E-state index in [9.17, 15) is 12.8 Å². The zero-order valence-electron chi connectivity index (χ0n) is 9.70. The fourth-order valence-electron chi connectivity index (χ4n) is 1.70. The minimum atomic E-state index is -3.68. The van der Waals surface area contributed by atoms with E-state index in [1.807, 2.05) is 6.92 Å². The Morgan fingerprint density at radius 3 is 2.59 bits per heavy atom. The van der Waals surface area contributed by atoms with Crippen LogP contribution >= 0.6 is 0 Å². The number of benzene rings is 1. The van der Waals surface area contributed by atoms with Crippen molar-refractivity contribution in [2.45, 2.75) is 31.2 Å². The van der Waals surface area contributed by atoms with E-state index in [2.05, 4.69) is 4.72 Å². The van der Waals surface area contributed by atoms with Gasteiger partial charge in [0.05, 0.1) is 4.90 Å². The van der Waals surface area contributed by atoms with Crippen molar-refractivity contribution in [1.82, 2.24) is 4.72 Å². The number of nitrogens with two attached hydrogens (primary N) is 1. The predicted molar refractivity (Wildman–Crippen MR) is 63.4 cm³/mol. The van der Waals surface area contributed by atoms with Crippen LogP contribution < -0.4 is 10.5 Å². The van der Waals surface area contributed by atoms with E-state index in [1.54, 1.807) is 0 Å². The van der Waals surface area contributed by atoms with E-state index < -0.39 is 15.8 Å². The lowest BCUT2D eigenvalue weighted by atomic mass is 10.2. The zero-order valence-corrected chi connectivity index (χ0v) is 10.5. The molecule has 2 atom stereocenters. The summed E-state index contributed by atoms with van der Waals surface area (Å²) >= 11 is 0. The number of hydrogen-bond donors (Lipinski definition) is 2. The van der Waals surface area contributed by atoms with Crippen LogP contribution in [0.1, 0.15) is 18.9 Å². The van der Waals surface area contributed by atoms with Crippen LogP contribution in [0.15, 0.2) is 17.0 Å². The Hall–Kier alpha value is -1.14. The second-order valence-corrected chi connectivity index (χ2v) is 6.25. The summed E-state index contributed by atoms with van der Waals surface area (Å²) in [6.07, 6.45) is 0.822. The van der Waals surface area contributed by atoms with Gasteiger partial charge in [-0.05, 0) is 31.4 Å². The van der Waals surface area contributed by atoms with Crippen molar-refractivity contribution in [1.29, 1.82) is 0 Å². The van der Waals surface area contributed by atoms with Gasteiger partial charge in [0.2, 0.25) is 10.0 Å². The van der Waals surface area contributed by atoms with Gasteiger partial charge >= 0.3 is 0 Å². The molecule has 94 valence electrons. The lowest BCUT2D eigenvalue weighted by molar-refractivity contribution is 0.572. The highest BCUT2D eigenvalue weighted by Crippen LogP contribution is 2.31. The monoisotopic (exact) mass is 258 g/mol. The fourth-order valence-corrected chi connectivity index (χ4v) is 3.35. The maximum Gasteiger partial charge on any atom is 0.241 e. The van der Waals surface area contributed by atoms with Crippen molar-refractivity contribution in [2.75, 3.05) is 5.73 Å². The second kappa shape index (κ2) is 3.96. The first-order chi connectivity index (χ1) is 7.81. The number of nitrogens with one attached hydrogen (secondary N) is 1. The molecule has 0 bridgehead atoms. The molecule has 1 aromatic rings. The summed E-state index contributed by atoms with van der Waals surface area (Å²) < 4.78 is 40.0. The number of nitrogen functional groups attached to an aromatic ring is 1. The highest BCUT2D eigenvalue weighted by molar-refractivity contribution is 7.89. The van der Waals surface area contributed by atoms with Crippen molar-refractivity contribution in [2.24, 2.45) is 5.92 Å². The lowest BCUT2D eigenvalue weighted by Crippen LogP contribution is -2.27. The minimum Gasteiger partial charge on any atom is -0.399 e. The van der Waals surface area contributed by atoms with Crippen molar-refractivity contribution in [3.8, 4) is 0 Å². The van der Waals surface area contributed by atoms with Crippen LogP contribution in [0.3, 0.4) is 0 Å². The minimum absolute atomic E-state index is 0.0381. The summed E-state index contributed by atoms with van der Waals surface area (Å²) in [6, 6.07) is 2.37. The van der Waals surface area contributed by atoms with E-state index in [0.717, 1.165) is 12.5 Å². The molecule has 2 unspecified atom stereocenters. The van der Waals surface area contributed by atoms with Crippen LogP contribution in [0.25, 0.3) is 0 Å². The summed E-state index contributed by atoms with van der Waals surface area (Å²) in [6.45, 7) is 3.39. The van der Waals surface area contributed by atoms with Crippen LogP contribution in [0.4, 0.5) is 10.1 Å². The molecule has 1 aliphatic rings.